The first-order chi connectivity index (χ1) is 10.2. The summed E-state index contributed by atoms with van der Waals surface area (Å²) in [5, 5.41) is 9.20. The molecule has 21 heavy (non-hydrogen) atoms. The molecular formula is C15H10N2O4. The number of carbonyl (C=O) groups is 1. The van der Waals surface area contributed by atoms with E-state index in [-0.39, 0.29) is 12.4 Å². The van der Waals surface area contributed by atoms with E-state index >= 15 is 0 Å². The first kappa shape index (κ1) is 11.8. The van der Waals surface area contributed by atoms with Crippen molar-refractivity contribution >= 4 is 17.0 Å². The van der Waals surface area contributed by atoms with E-state index in [0.29, 0.717) is 17.0 Å². The molecule has 0 fully saturated rings. The van der Waals surface area contributed by atoms with Crippen molar-refractivity contribution in [1.29, 1.82) is 0 Å². The lowest BCUT2D eigenvalue weighted by Gasteiger charge is -2.06. The van der Waals surface area contributed by atoms with Crippen LogP contribution >= 0.6 is 0 Å². The normalized spacial score (nSPS) is 12.8. The minimum Gasteiger partial charge on any atom is -0.478 e. The summed E-state index contributed by atoms with van der Waals surface area (Å²) in [6.07, 6.45) is 1.61. The number of carboxylic acids is 1. The Morgan fingerprint density at radius 3 is 2.90 bits per heavy atom. The molecule has 0 unspecified atom stereocenters. The molecule has 6 nitrogen and oxygen atoms in total. The number of hydrogen-bond acceptors (Lipinski definition) is 4. The maximum absolute atomic E-state index is 11.2. The van der Waals surface area contributed by atoms with Crippen molar-refractivity contribution in [2.24, 2.45) is 0 Å². The van der Waals surface area contributed by atoms with E-state index in [1.54, 1.807) is 18.5 Å². The summed E-state index contributed by atoms with van der Waals surface area (Å²) in [5.41, 5.74) is 2.22. The number of nitrogens with zero attached hydrogens (tertiary/aromatic N) is 2. The number of para-hydroxylation sites is 1. The van der Waals surface area contributed by atoms with Gasteiger partial charge < -0.3 is 14.6 Å². The Bertz CT molecular complexity index is 869. The van der Waals surface area contributed by atoms with E-state index in [9.17, 15) is 9.90 Å². The standard InChI is InChI=1S/C15H10N2O4/c18-15(19)10-2-1-3-11-14(10)16-7-17(11)9-4-5-12-13(6-9)21-8-20-12/h1-7H,8H2,(H,18,19). The van der Waals surface area contributed by atoms with Crippen molar-refractivity contribution in [2.75, 3.05) is 6.79 Å². The zero-order valence-electron chi connectivity index (χ0n) is 10.8. The van der Waals surface area contributed by atoms with E-state index in [0.717, 1.165) is 11.2 Å². The van der Waals surface area contributed by atoms with Crippen molar-refractivity contribution in [3.8, 4) is 17.2 Å². The molecule has 6 heteroatoms. The van der Waals surface area contributed by atoms with Crippen molar-refractivity contribution in [3.63, 3.8) is 0 Å². The molecule has 0 bridgehead atoms. The SMILES string of the molecule is O=C(O)c1cccc2c1ncn2-c1ccc2c(c1)OCO2. The molecule has 0 amide bonds. The fourth-order valence-corrected chi connectivity index (χ4v) is 2.45. The number of fused-ring (bicyclic) bond motifs is 2. The molecule has 1 aromatic heterocycles. The Morgan fingerprint density at radius 1 is 1.19 bits per heavy atom. The van der Waals surface area contributed by atoms with E-state index in [1.165, 1.54) is 0 Å². The Labute approximate surface area is 119 Å². The van der Waals surface area contributed by atoms with Gasteiger partial charge in [-0.2, -0.15) is 0 Å². The second-order valence-corrected chi connectivity index (χ2v) is 4.63. The van der Waals surface area contributed by atoms with Gasteiger partial charge in [0.05, 0.1) is 16.8 Å². The van der Waals surface area contributed by atoms with E-state index in [4.69, 9.17) is 9.47 Å². The smallest absolute Gasteiger partial charge is 0.337 e. The molecule has 1 aliphatic heterocycles. The zero-order valence-corrected chi connectivity index (χ0v) is 10.8. The largest absolute Gasteiger partial charge is 0.478 e. The summed E-state index contributed by atoms with van der Waals surface area (Å²) >= 11 is 0. The van der Waals surface area contributed by atoms with Crippen LogP contribution in [0.3, 0.4) is 0 Å². The molecule has 104 valence electrons. The Hall–Kier alpha value is -3.02. The van der Waals surface area contributed by atoms with Gasteiger partial charge in [0.2, 0.25) is 6.79 Å². The average Bonchev–Trinajstić information content (AvgIpc) is 3.12. The van der Waals surface area contributed by atoms with Gasteiger partial charge in [-0.3, -0.25) is 4.57 Å². The van der Waals surface area contributed by atoms with Crippen LogP contribution in [0.2, 0.25) is 0 Å². The molecule has 0 aliphatic carbocycles. The topological polar surface area (TPSA) is 73.6 Å². The van der Waals surface area contributed by atoms with Gasteiger partial charge in [-0.25, -0.2) is 9.78 Å². The van der Waals surface area contributed by atoms with Crippen molar-refractivity contribution < 1.29 is 19.4 Å². The number of ether oxygens (including phenoxy) is 2. The minimum absolute atomic E-state index is 0.187. The Kier molecular flexibility index (Phi) is 2.38. The van der Waals surface area contributed by atoms with Gasteiger partial charge in [-0.15, -0.1) is 0 Å². The van der Waals surface area contributed by atoms with Crippen molar-refractivity contribution in [2.45, 2.75) is 0 Å². The number of aromatic carboxylic acids is 1. The Balaban J connectivity index is 1.91. The monoisotopic (exact) mass is 282 g/mol. The highest BCUT2D eigenvalue weighted by Gasteiger charge is 2.16. The molecule has 3 aromatic rings. The minimum atomic E-state index is -0.989. The van der Waals surface area contributed by atoms with Gasteiger partial charge in [0.15, 0.2) is 11.5 Å². The first-order valence-corrected chi connectivity index (χ1v) is 6.33. The molecule has 1 N–H and O–H groups in total. The van der Waals surface area contributed by atoms with Gasteiger partial charge in [0.1, 0.15) is 11.8 Å². The van der Waals surface area contributed by atoms with Gasteiger partial charge in [-0.05, 0) is 24.3 Å². The summed E-state index contributed by atoms with van der Waals surface area (Å²) in [7, 11) is 0. The predicted octanol–water partition coefficient (Wildman–Crippen LogP) is 2.45. The summed E-state index contributed by atoms with van der Waals surface area (Å²) in [6.45, 7) is 0.215. The van der Waals surface area contributed by atoms with Crippen LogP contribution in [0.5, 0.6) is 11.5 Å². The van der Waals surface area contributed by atoms with Crippen LogP contribution < -0.4 is 9.47 Å². The van der Waals surface area contributed by atoms with Crippen molar-refractivity contribution in [1.82, 2.24) is 9.55 Å². The summed E-state index contributed by atoms with van der Waals surface area (Å²) in [6, 6.07) is 10.6. The number of rotatable bonds is 2. The maximum atomic E-state index is 11.2. The highest BCUT2D eigenvalue weighted by Crippen LogP contribution is 2.34. The molecular weight excluding hydrogens is 272 g/mol. The predicted molar refractivity (Wildman–Crippen MR) is 74.2 cm³/mol. The van der Waals surface area contributed by atoms with Crippen LogP contribution in [0.1, 0.15) is 10.4 Å². The summed E-state index contributed by atoms with van der Waals surface area (Å²) < 4.78 is 12.5. The second-order valence-electron chi connectivity index (χ2n) is 4.63. The third-order valence-electron chi connectivity index (χ3n) is 3.44. The summed E-state index contributed by atoms with van der Waals surface area (Å²) in [4.78, 5) is 15.4. The summed E-state index contributed by atoms with van der Waals surface area (Å²) in [5.74, 6) is 0.384. The molecule has 1 aliphatic rings. The van der Waals surface area contributed by atoms with Crippen LogP contribution in [0.25, 0.3) is 16.7 Å². The quantitative estimate of drug-likeness (QED) is 0.781. The number of benzene rings is 2. The molecule has 0 spiro atoms. The third-order valence-corrected chi connectivity index (χ3v) is 3.44. The molecule has 4 rings (SSSR count). The highest BCUT2D eigenvalue weighted by atomic mass is 16.7. The lowest BCUT2D eigenvalue weighted by molar-refractivity contribution is 0.0699. The van der Waals surface area contributed by atoms with Gasteiger partial charge in [-0.1, -0.05) is 6.07 Å². The van der Waals surface area contributed by atoms with Gasteiger partial charge in [0, 0.05) is 6.07 Å². The second kappa shape index (κ2) is 4.24. The van der Waals surface area contributed by atoms with Gasteiger partial charge in [0.25, 0.3) is 0 Å². The molecule has 2 heterocycles. The number of carboxylic acid groups (broad SMARTS) is 1. The molecule has 0 radical (unpaired) electrons. The van der Waals surface area contributed by atoms with E-state index in [2.05, 4.69) is 4.98 Å². The van der Waals surface area contributed by atoms with Crippen LogP contribution in [0.4, 0.5) is 0 Å². The van der Waals surface area contributed by atoms with Crippen LogP contribution in [0, 0.1) is 0 Å². The molecule has 2 aromatic carbocycles. The van der Waals surface area contributed by atoms with Gasteiger partial charge >= 0.3 is 5.97 Å². The molecule has 0 saturated heterocycles. The van der Waals surface area contributed by atoms with Crippen LogP contribution in [-0.2, 0) is 0 Å². The van der Waals surface area contributed by atoms with Crippen LogP contribution in [-0.4, -0.2) is 27.4 Å². The fourth-order valence-electron chi connectivity index (χ4n) is 2.45. The third kappa shape index (κ3) is 1.73. The Morgan fingerprint density at radius 2 is 2.05 bits per heavy atom. The zero-order chi connectivity index (χ0) is 14.4. The number of hydrogen-bond donors (Lipinski definition) is 1. The van der Waals surface area contributed by atoms with E-state index in [1.807, 2.05) is 28.8 Å². The van der Waals surface area contributed by atoms with Crippen LogP contribution in [0.15, 0.2) is 42.7 Å². The molecule has 0 atom stereocenters. The van der Waals surface area contributed by atoms with Crippen molar-refractivity contribution in [3.05, 3.63) is 48.3 Å². The first-order valence-electron chi connectivity index (χ1n) is 6.33. The average molecular weight is 282 g/mol. The lowest BCUT2D eigenvalue weighted by Crippen LogP contribution is -1.98. The fraction of sp³-hybridized carbons (Fsp3) is 0.0667. The maximum Gasteiger partial charge on any atom is 0.337 e. The lowest BCUT2D eigenvalue weighted by atomic mass is 10.2. The van der Waals surface area contributed by atoms with E-state index < -0.39 is 5.97 Å². The number of aromatic nitrogens is 2. The number of imidazole rings is 1. The highest BCUT2D eigenvalue weighted by molar-refractivity contribution is 6.01. The molecule has 0 saturated carbocycles.